The van der Waals surface area contributed by atoms with Crippen LogP contribution in [0.2, 0.25) is 5.02 Å². The topological polar surface area (TPSA) is 0 Å². The van der Waals surface area contributed by atoms with Gasteiger partial charge in [-0.15, -0.1) is 0 Å². The highest BCUT2D eigenvalue weighted by Gasteiger charge is 2.20. The number of hydrogen-bond acceptors (Lipinski definition) is 0. The van der Waals surface area contributed by atoms with E-state index < -0.39 is 0 Å². The van der Waals surface area contributed by atoms with Crippen molar-refractivity contribution in [3.63, 3.8) is 0 Å². The Labute approximate surface area is 206 Å². The first-order valence-corrected chi connectivity index (χ1v) is 13.5. The molecule has 0 spiro atoms. The van der Waals surface area contributed by atoms with Gasteiger partial charge in [0.05, 0.1) is 0 Å². The van der Waals surface area contributed by atoms with Crippen molar-refractivity contribution >= 4 is 11.6 Å². The van der Waals surface area contributed by atoms with Gasteiger partial charge in [-0.25, -0.2) is 0 Å². The molecule has 1 saturated carbocycles. The van der Waals surface area contributed by atoms with Gasteiger partial charge < -0.3 is 0 Å². The Hall–Kier alpha value is -2.05. The van der Waals surface area contributed by atoms with Crippen molar-refractivity contribution in [3.8, 4) is 0 Å². The van der Waals surface area contributed by atoms with Crippen LogP contribution in [0.3, 0.4) is 0 Å². The van der Waals surface area contributed by atoms with Crippen molar-refractivity contribution in [2.75, 3.05) is 0 Å². The average Bonchev–Trinajstić information content (AvgIpc) is 2.87. The molecule has 0 atom stereocenters. The van der Waals surface area contributed by atoms with Gasteiger partial charge in [-0.3, -0.25) is 0 Å². The molecule has 4 rings (SSSR count). The van der Waals surface area contributed by atoms with Gasteiger partial charge >= 0.3 is 0 Å². The van der Waals surface area contributed by atoms with E-state index >= 15 is 0 Å². The van der Waals surface area contributed by atoms with Crippen molar-refractivity contribution in [2.24, 2.45) is 11.8 Å². The lowest BCUT2D eigenvalue weighted by atomic mass is 9.77. The van der Waals surface area contributed by atoms with E-state index in [2.05, 4.69) is 67.6 Å². The van der Waals surface area contributed by atoms with E-state index in [1.165, 1.54) is 79.2 Å². The van der Waals surface area contributed by atoms with Gasteiger partial charge in [0.2, 0.25) is 0 Å². The monoisotopic (exact) mass is 458 g/mol. The van der Waals surface area contributed by atoms with Crippen molar-refractivity contribution in [3.05, 3.63) is 106 Å². The summed E-state index contributed by atoms with van der Waals surface area (Å²) in [6.07, 6.45) is 14.2. The van der Waals surface area contributed by atoms with Gasteiger partial charge in [-0.1, -0.05) is 105 Å². The van der Waals surface area contributed by atoms with Crippen molar-refractivity contribution in [2.45, 2.75) is 77.6 Å². The molecule has 0 nitrogen and oxygen atoms in total. The first-order chi connectivity index (χ1) is 16.2. The molecule has 1 aliphatic rings. The summed E-state index contributed by atoms with van der Waals surface area (Å²) in [5.41, 5.74) is 7.26. The van der Waals surface area contributed by atoms with E-state index in [1.807, 2.05) is 12.1 Å². The van der Waals surface area contributed by atoms with Crippen LogP contribution in [0.1, 0.15) is 73.3 Å². The Balaban J connectivity index is 1.13. The van der Waals surface area contributed by atoms with E-state index in [4.69, 9.17) is 11.6 Å². The molecule has 3 aromatic rings. The minimum Gasteiger partial charge on any atom is -0.0843 e. The van der Waals surface area contributed by atoms with E-state index in [0.717, 1.165) is 36.1 Å². The lowest BCUT2D eigenvalue weighted by molar-refractivity contribution is 0.253. The molecule has 0 radical (unpaired) electrons. The van der Waals surface area contributed by atoms with E-state index in [0.29, 0.717) is 0 Å². The minimum atomic E-state index is 0.814. The molecule has 0 unspecified atom stereocenters. The maximum absolute atomic E-state index is 5.98. The van der Waals surface area contributed by atoms with Gasteiger partial charge in [-0.05, 0) is 96.7 Å². The smallest absolute Gasteiger partial charge is 0.0406 e. The maximum Gasteiger partial charge on any atom is 0.0406 e. The first-order valence-electron chi connectivity index (χ1n) is 13.1. The van der Waals surface area contributed by atoms with E-state index in [1.54, 1.807) is 0 Å². The lowest BCUT2D eigenvalue weighted by Crippen LogP contribution is -2.15. The standard InChI is InChI=1S/C32H39Cl/c1-2-25-3-5-26(6-4-25)7-8-27-9-11-28(12-10-27)13-14-29-15-17-30(18-16-29)19-20-31-21-23-32(33)24-22-31/h3-6,15-18,21-24,27-28H,2,7-14,19-20H2,1H3/t27-,28-. The second-order valence-corrected chi connectivity index (χ2v) is 10.5. The summed E-state index contributed by atoms with van der Waals surface area (Å²) in [6.45, 7) is 2.23. The van der Waals surface area contributed by atoms with Gasteiger partial charge in [0.1, 0.15) is 0 Å². The Kier molecular flexibility index (Phi) is 9.07. The third-order valence-electron chi connectivity index (χ3n) is 7.72. The van der Waals surface area contributed by atoms with Gasteiger partial charge in [-0.2, -0.15) is 0 Å². The highest BCUT2D eigenvalue weighted by atomic mass is 35.5. The molecule has 0 heterocycles. The average molecular weight is 459 g/mol. The highest BCUT2D eigenvalue weighted by Crippen LogP contribution is 2.34. The summed E-state index contributed by atoms with van der Waals surface area (Å²) in [7, 11) is 0. The number of halogens is 1. The lowest BCUT2D eigenvalue weighted by Gasteiger charge is -2.28. The summed E-state index contributed by atoms with van der Waals surface area (Å²) in [4.78, 5) is 0. The van der Waals surface area contributed by atoms with Crippen LogP contribution in [0.5, 0.6) is 0 Å². The third kappa shape index (κ3) is 7.75. The predicted octanol–water partition coefficient (Wildman–Crippen LogP) is 9.06. The van der Waals surface area contributed by atoms with Gasteiger partial charge in [0.15, 0.2) is 0 Å². The van der Waals surface area contributed by atoms with Crippen LogP contribution in [0, 0.1) is 11.8 Å². The molecule has 174 valence electrons. The zero-order valence-corrected chi connectivity index (χ0v) is 21.0. The zero-order chi connectivity index (χ0) is 22.9. The quantitative estimate of drug-likeness (QED) is 0.284. The second-order valence-electron chi connectivity index (χ2n) is 10.1. The second kappa shape index (κ2) is 12.4. The zero-order valence-electron chi connectivity index (χ0n) is 20.2. The normalized spacial score (nSPS) is 18.4. The van der Waals surface area contributed by atoms with E-state index in [-0.39, 0.29) is 0 Å². The molecule has 0 saturated heterocycles. The van der Waals surface area contributed by atoms with Crippen LogP contribution >= 0.6 is 11.6 Å². The molecule has 1 fully saturated rings. The molecule has 0 bridgehead atoms. The molecule has 0 N–H and O–H groups in total. The fourth-order valence-corrected chi connectivity index (χ4v) is 5.43. The first kappa shape index (κ1) is 24.1. The molecule has 0 amide bonds. The van der Waals surface area contributed by atoms with Crippen molar-refractivity contribution < 1.29 is 0 Å². The summed E-state index contributed by atoms with van der Waals surface area (Å²) < 4.78 is 0. The van der Waals surface area contributed by atoms with E-state index in [9.17, 15) is 0 Å². The molecular weight excluding hydrogens is 420 g/mol. The number of benzene rings is 3. The summed E-state index contributed by atoms with van der Waals surface area (Å²) in [5.74, 6) is 1.86. The van der Waals surface area contributed by atoms with Crippen LogP contribution in [0.15, 0.2) is 72.8 Å². The Morgan fingerprint density at radius 2 is 0.848 bits per heavy atom. The fourth-order valence-electron chi connectivity index (χ4n) is 5.30. The van der Waals surface area contributed by atoms with Gasteiger partial charge in [0, 0.05) is 5.02 Å². The molecular formula is C32H39Cl. The largest absolute Gasteiger partial charge is 0.0843 e. The van der Waals surface area contributed by atoms with Crippen LogP contribution in [-0.2, 0) is 32.1 Å². The van der Waals surface area contributed by atoms with Crippen molar-refractivity contribution in [1.29, 1.82) is 0 Å². The molecule has 1 heteroatoms. The number of hydrogen-bond donors (Lipinski definition) is 0. The Bertz CT molecular complexity index is 945. The van der Waals surface area contributed by atoms with Crippen molar-refractivity contribution in [1.82, 2.24) is 0 Å². The maximum atomic E-state index is 5.98. The number of rotatable bonds is 10. The third-order valence-corrected chi connectivity index (χ3v) is 7.97. The molecule has 1 aliphatic carbocycles. The van der Waals surface area contributed by atoms with Crippen LogP contribution in [-0.4, -0.2) is 0 Å². The molecule has 0 aliphatic heterocycles. The fraction of sp³-hybridized carbons (Fsp3) is 0.438. The van der Waals surface area contributed by atoms with Crippen LogP contribution in [0.25, 0.3) is 0 Å². The molecule has 0 aromatic heterocycles. The SMILES string of the molecule is CCc1ccc(CC[C@H]2CC[C@H](CCc3ccc(CCc4ccc(Cl)cc4)cc3)CC2)cc1. The van der Waals surface area contributed by atoms with Crippen LogP contribution < -0.4 is 0 Å². The summed E-state index contributed by atoms with van der Waals surface area (Å²) in [5, 5.41) is 0.814. The summed E-state index contributed by atoms with van der Waals surface area (Å²) in [6, 6.07) is 26.9. The summed E-state index contributed by atoms with van der Waals surface area (Å²) >= 11 is 5.98. The van der Waals surface area contributed by atoms with Crippen LogP contribution in [0.4, 0.5) is 0 Å². The molecule has 3 aromatic carbocycles. The number of aryl methyl sites for hydroxylation is 5. The van der Waals surface area contributed by atoms with Gasteiger partial charge in [0.25, 0.3) is 0 Å². The Morgan fingerprint density at radius 3 is 1.24 bits per heavy atom. The minimum absolute atomic E-state index is 0.814. The highest BCUT2D eigenvalue weighted by molar-refractivity contribution is 6.30. The predicted molar refractivity (Wildman–Crippen MR) is 143 cm³/mol. The Morgan fingerprint density at radius 1 is 0.515 bits per heavy atom. The molecule has 33 heavy (non-hydrogen) atoms.